The predicted octanol–water partition coefficient (Wildman–Crippen LogP) is 8.28. The van der Waals surface area contributed by atoms with Gasteiger partial charge in [0.25, 0.3) is 0 Å². The first-order valence-electron chi connectivity index (χ1n) is 10.7. The van der Waals surface area contributed by atoms with Crippen LogP contribution >= 0.6 is 0 Å². The van der Waals surface area contributed by atoms with Crippen molar-refractivity contribution < 1.29 is 0 Å². The van der Waals surface area contributed by atoms with Crippen molar-refractivity contribution >= 4 is 0 Å². The third-order valence-corrected chi connectivity index (χ3v) is 6.99. The molecule has 30 heavy (non-hydrogen) atoms. The highest BCUT2D eigenvalue weighted by atomic mass is 14.4. The summed E-state index contributed by atoms with van der Waals surface area (Å²) in [5, 5.41) is 0. The second kappa shape index (κ2) is 7.95. The molecule has 0 aliphatic carbocycles. The van der Waals surface area contributed by atoms with Crippen molar-refractivity contribution in [3.8, 4) is 22.3 Å². The Morgan fingerprint density at radius 2 is 0.600 bits per heavy atom. The van der Waals surface area contributed by atoms with Crippen LogP contribution in [0.2, 0.25) is 0 Å². The maximum absolute atomic E-state index is 2.36. The molecule has 0 aromatic heterocycles. The summed E-state index contributed by atoms with van der Waals surface area (Å²) in [6.07, 6.45) is 0. The highest BCUT2D eigenvalue weighted by Gasteiger charge is 2.39. The molecule has 0 nitrogen and oxygen atoms in total. The Kier molecular flexibility index (Phi) is 5.35. The second-order valence-electron chi connectivity index (χ2n) is 9.14. The summed E-state index contributed by atoms with van der Waals surface area (Å²) in [4.78, 5) is 0. The van der Waals surface area contributed by atoms with Crippen molar-refractivity contribution in [3.05, 3.63) is 120 Å². The molecule has 0 N–H and O–H groups in total. The molecular formula is C30H30. The number of benzene rings is 4. The lowest BCUT2D eigenvalue weighted by atomic mass is 9.61. The van der Waals surface area contributed by atoms with Crippen LogP contribution in [0.4, 0.5) is 0 Å². The molecule has 150 valence electrons. The maximum Gasteiger partial charge on any atom is -0.00120 e. The van der Waals surface area contributed by atoms with E-state index in [1.54, 1.807) is 0 Å². The Morgan fingerprint density at radius 3 is 0.900 bits per heavy atom. The van der Waals surface area contributed by atoms with Crippen molar-refractivity contribution in [1.82, 2.24) is 0 Å². The van der Waals surface area contributed by atoms with Crippen molar-refractivity contribution in [1.29, 1.82) is 0 Å². The van der Waals surface area contributed by atoms with Crippen LogP contribution in [0, 0.1) is 0 Å². The summed E-state index contributed by atoms with van der Waals surface area (Å²) in [5.74, 6) is 0. The maximum atomic E-state index is 2.36. The summed E-state index contributed by atoms with van der Waals surface area (Å²) in [7, 11) is 0. The van der Waals surface area contributed by atoms with E-state index in [0.29, 0.717) is 0 Å². The van der Waals surface area contributed by atoms with Crippen LogP contribution in [0.3, 0.4) is 0 Å². The fourth-order valence-electron chi connectivity index (χ4n) is 4.14. The Morgan fingerprint density at radius 1 is 0.333 bits per heavy atom. The third kappa shape index (κ3) is 3.71. The van der Waals surface area contributed by atoms with Gasteiger partial charge in [0, 0.05) is 0 Å². The first kappa shape index (κ1) is 20.2. The van der Waals surface area contributed by atoms with E-state index in [9.17, 15) is 0 Å². The molecule has 0 heteroatoms. The molecule has 0 aliphatic heterocycles. The normalized spacial score (nSPS) is 12.0. The first-order chi connectivity index (χ1) is 14.4. The molecule has 0 radical (unpaired) electrons. The smallest absolute Gasteiger partial charge is 0.00120 e. The quantitative estimate of drug-likeness (QED) is 0.321. The SMILES string of the molecule is CC(C)(c1ccc(-c2ccccc2)cc1)C(C)(C)c1ccc(-c2ccccc2)cc1. The Bertz CT molecular complexity index is 991. The van der Waals surface area contributed by atoms with Gasteiger partial charge in [-0.3, -0.25) is 0 Å². The van der Waals surface area contributed by atoms with Gasteiger partial charge in [0.05, 0.1) is 0 Å². The number of hydrogen-bond donors (Lipinski definition) is 0. The van der Waals surface area contributed by atoms with Gasteiger partial charge in [0.1, 0.15) is 0 Å². The summed E-state index contributed by atoms with van der Waals surface area (Å²) in [6.45, 7) is 9.43. The zero-order chi connectivity index (χ0) is 21.2. The molecule has 0 unspecified atom stereocenters. The topological polar surface area (TPSA) is 0 Å². The van der Waals surface area contributed by atoms with E-state index in [2.05, 4.69) is 137 Å². The van der Waals surface area contributed by atoms with E-state index in [1.165, 1.54) is 33.4 Å². The molecule has 4 aromatic rings. The van der Waals surface area contributed by atoms with Gasteiger partial charge in [0.15, 0.2) is 0 Å². The van der Waals surface area contributed by atoms with Gasteiger partial charge < -0.3 is 0 Å². The van der Waals surface area contributed by atoms with E-state index in [1.807, 2.05) is 0 Å². The largest absolute Gasteiger partial charge is 0.0622 e. The molecule has 0 aliphatic rings. The molecule has 4 aromatic carbocycles. The molecular weight excluding hydrogens is 360 g/mol. The van der Waals surface area contributed by atoms with Crippen LogP contribution in [0.15, 0.2) is 109 Å². The van der Waals surface area contributed by atoms with Crippen LogP contribution in [-0.4, -0.2) is 0 Å². The lowest BCUT2D eigenvalue weighted by Crippen LogP contribution is -2.40. The van der Waals surface area contributed by atoms with E-state index in [0.717, 1.165) is 0 Å². The fourth-order valence-corrected chi connectivity index (χ4v) is 4.14. The van der Waals surface area contributed by atoms with Crippen molar-refractivity contribution in [2.45, 2.75) is 38.5 Å². The Balaban J connectivity index is 1.62. The number of rotatable bonds is 5. The third-order valence-electron chi connectivity index (χ3n) is 6.99. The highest BCUT2D eigenvalue weighted by Crippen LogP contribution is 2.44. The van der Waals surface area contributed by atoms with Crippen LogP contribution in [0.25, 0.3) is 22.3 Å². The first-order valence-corrected chi connectivity index (χ1v) is 10.7. The minimum Gasteiger partial charge on any atom is -0.0622 e. The van der Waals surface area contributed by atoms with E-state index in [-0.39, 0.29) is 10.8 Å². The molecule has 0 spiro atoms. The van der Waals surface area contributed by atoms with Gasteiger partial charge in [-0.25, -0.2) is 0 Å². The lowest BCUT2D eigenvalue weighted by Gasteiger charge is -2.43. The van der Waals surface area contributed by atoms with Gasteiger partial charge >= 0.3 is 0 Å². The van der Waals surface area contributed by atoms with E-state index in [4.69, 9.17) is 0 Å². The van der Waals surface area contributed by atoms with E-state index < -0.39 is 0 Å². The average Bonchev–Trinajstić information content (AvgIpc) is 2.80. The van der Waals surface area contributed by atoms with Gasteiger partial charge in [0.2, 0.25) is 0 Å². The van der Waals surface area contributed by atoms with Crippen molar-refractivity contribution in [2.75, 3.05) is 0 Å². The number of hydrogen-bond acceptors (Lipinski definition) is 0. The van der Waals surface area contributed by atoms with Crippen LogP contribution in [-0.2, 0) is 10.8 Å². The second-order valence-corrected chi connectivity index (χ2v) is 9.14. The van der Waals surface area contributed by atoms with Crippen LogP contribution < -0.4 is 0 Å². The average molecular weight is 391 g/mol. The van der Waals surface area contributed by atoms with Gasteiger partial charge in [-0.2, -0.15) is 0 Å². The monoisotopic (exact) mass is 390 g/mol. The summed E-state index contributed by atoms with van der Waals surface area (Å²) in [5.41, 5.74) is 7.74. The molecule has 0 atom stereocenters. The summed E-state index contributed by atoms with van der Waals surface area (Å²) >= 11 is 0. The minimum absolute atomic E-state index is 0.0174. The van der Waals surface area contributed by atoms with Gasteiger partial charge in [-0.1, -0.05) is 137 Å². The van der Waals surface area contributed by atoms with Gasteiger partial charge in [-0.05, 0) is 44.2 Å². The minimum atomic E-state index is -0.0174. The van der Waals surface area contributed by atoms with Gasteiger partial charge in [-0.15, -0.1) is 0 Å². The fraction of sp³-hybridized carbons (Fsp3) is 0.200. The molecule has 0 fully saturated rings. The molecule has 0 saturated carbocycles. The summed E-state index contributed by atoms with van der Waals surface area (Å²) < 4.78 is 0. The molecule has 0 bridgehead atoms. The lowest BCUT2D eigenvalue weighted by molar-refractivity contribution is 0.303. The Labute approximate surface area is 181 Å². The van der Waals surface area contributed by atoms with Crippen LogP contribution in [0.1, 0.15) is 38.8 Å². The van der Waals surface area contributed by atoms with E-state index >= 15 is 0 Å². The molecule has 4 rings (SSSR count). The highest BCUT2D eigenvalue weighted by molar-refractivity contribution is 5.65. The van der Waals surface area contributed by atoms with Crippen molar-refractivity contribution in [3.63, 3.8) is 0 Å². The molecule has 0 amide bonds. The zero-order valence-corrected chi connectivity index (χ0v) is 18.4. The zero-order valence-electron chi connectivity index (χ0n) is 18.4. The van der Waals surface area contributed by atoms with Crippen molar-refractivity contribution in [2.24, 2.45) is 0 Å². The standard InChI is InChI=1S/C30H30/c1-29(2,27-19-15-25(16-20-27)23-11-7-5-8-12-23)30(3,4)28-21-17-26(18-22-28)24-13-9-6-10-14-24/h5-22H,1-4H3. The molecule has 0 saturated heterocycles. The Hall–Kier alpha value is -3.12. The predicted molar refractivity (Wildman–Crippen MR) is 130 cm³/mol. The van der Waals surface area contributed by atoms with Crippen LogP contribution in [0.5, 0.6) is 0 Å². The summed E-state index contributed by atoms with van der Waals surface area (Å²) in [6, 6.07) is 39.3. The molecule has 0 heterocycles.